The van der Waals surface area contributed by atoms with Gasteiger partial charge in [-0.15, -0.1) is 11.3 Å². The van der Waals surface area contributed by atoms with Crippen LogP contribution in [0.25, 0.3) is 0 Å². The van der Waals surface area contributed by atoms with Crippen LogP contribution in [0.15, 0.2) is 47.8 Å². The molecule has 0 radical (unpaired) electrons. The minimum Gasteiger partial charge on any atom is -0.493 e. The average Bonchev–Trinajstić information content (AvgIpc) is 3.39. The van der Waals surface area contributed by atoms with Crippen molar-refractivity contribution in [2.24, 2.45) is 0 Å². The largest absolute Gasteiger partial charge is 0.493 e. The fourth-order valence-electron chi connectivity index (χ4n) is 3.89. The number of morpholine rings is 1. The number of carbonyl (C=O) groups is 1. The molecular formula is C26H30FN3O5S. The molecule has 1 aliphatic heterocycles. The number of methoxy groups -OCH3 is 1. The van der Waals surface area contributed by atoms with Gasteiger partial charge in [0.25, 0.3) is 5.91 Å². The fourth-order valence-corrected chi connectivity index (χ4v) is 4.59. The second kappa shape index (κ2) is 12.8. The molecule has 0 atom stereocenters. The number of hydrogen-bond donors (Lipinski definition) is 1. The lowest BCUT2D eigenvalue weighted by Gasteiger charge is -2.30. The van der Waals surface area contributed by atoms with Gasteiger partial charge < -0.3 is 24.2 Å². The van der Waals surface area contributed by atoms with E-state index in [2.05, 4.69) is 9.88 Å². The molecule has 10 heteroatoms. The molecule has 8 nitrogen and oxygen atoms in total. The van der Waals surface area contributed by atoms with Gasteiger partial charge in [0.05, 0.1) is 32.6 Å². The van der Waals surface area contributed by atoms with Crippen LogP contribution >= 0.6 is 11.3 Å². The van der Waals surface area contributed by atoms with E-state index in [1.165, 1.54) is 35.6 Å². The zero-order chi connectivity index (χ0) is 25.3. The summed E-state index contributed by atoms with van der Waals surface area (Å²) in [7, 11) is 1.57. The highest BCUT2D eigenvalue weighted by molar-refractivity contribution is 7.09. The summed E-state index contributed by atoms with van der Waals surface area (Å²) in [5.41, 5.74) is 1.92. The van der Waals surface area contributed by atoms with Gasteiger partial charge >= 0.3 is 0 Å². The van der Waals surface area contributed by atoms with Crippen LogP contribution in [-0.4, -0.2) is 72.3 Å². The van der Waals surface area contributed by atoms with Crippen molar-refractivity contribution < 1.29 is 28.5 Å². The number of aliphatic hydroxyl groups is 1. The molecule has 1 amide bonds. The first-order valence-electron chi connectivity index (χ1n) is 11.7. The van der Waals surface area contributed by atoms with Crippen LogP contribution < -0.4 is 9.47 Å². The highest BCUT2D eigenvalue weighted by Gasteiger charge is 2.20. The highest BCUT2D eigenvalue weighted by atomic mass is 32.1. The van der Waals surface area contributed by atoms with Gasteiger partial charge in [-0.2, -0.15) is 0 Å². The van der Waals surface area contributed by atoms with Crippen molar-refractivity contribution >= 4 is 17.2 Å². The molecule has 1 saturated heterocycles. The third-order valence-electron chi connectivity index (χ3n) is 5.88. The van der Waals surface area contributed by atoms with Crippen LogP contribution in [0.3, 0.4) is 0 Å². The lowest BCUT2D eigenvalue weighted by Crippen LogP contribution is -2.42. The van der Waals surface area contributed by atoms with E-state index in [-0.39, 0.29) is 24.9 Å². The van der Waals surface area contributed by atoms with E-state index in [1.54, 1.807) is 17.4 Å². The van der Waals surface area contributed by atoms with E-state index in [0.717, 1.165) is 23.7 Å². The molecule has 1 N–H and O–H groups in total. The van der Waals surface area contributed by atoms with E-state index in [4.69, 9.17) is 14.2 Å². The predicted molar refractivity (Wildman–Crippen MR) is 134 cm³/mol. The number of aromatic nitrogens is 1. The molecule has 2 heterocycles. The summed E-state index contributed by atoms with van der Waals surface area (Å²) in [5.74, 6) is 0.566. The van der Waals surface area contributed by atoms with Crippen LogP contribution in [0.4, 0.5) is 4.39 Å². The smallest absolute Gasteiger partial charge is 0.254 e. The summed E-state index contributed by atoms with van der Waals surface area (Å²) >= 11 is 1.41. The Morgan fingerprint density at radius 1 is 1.19 bits per heavy atom. The second-order valence-corrected chi connectivity index (χ2v) is 9.29. The lowest BCUT2D eigenvalue weighted by molar-refractivity contribution is 0.0320. The first kappa shape index (κ1) is 26.0. The van der Waals surface area contributed by atoms with E-state index in [0.29, 0.717) is 55.6 Å². The van der Waals surface area contributed by atoms with Gasteiger partial charge in [0.1, 0.15) is 17.4 Å². The van der Waals surface area contributed by atoms with Gasteiger partial charge in [-0.3, -0.25) is 9.69 Å². The number of benzene rings is 2. The van der Waals surface area contributed by atoms with Crippen LogP contribution in [0.5, 0.6) is 11.5 Å². The van der Waals surface area contributed by atoms with Crippen molar-refractivity contribution in [2.45, 2.75) is 19.8 Å². The Morgan fingerprint density at radius 2 is 1.97 bits per heavy atom. The average molecular weight is 516 g/mol. The first-order chi connectivity index (χ1) is 17.6. The summed E-state index contributed by atoms with van der Waals surface area (Å²) in [5, 5.41) is 11.8. The Labute approximate surface area is 213 Å². The van der Waals surface area contributed by atoms with Crippen LogP contribution in [-0.2, 0) is 24.5 Å². The molecule has 0 spiro atoms. The van der Waals surface area contributed by atoms with Crippen molar-refractivity contribution in [2.75, 3.05) is 46.5 Å². The minimum absolute atomic E-state index is 0.113. The van der Waals surface area contributed by atoms with Crippen molar-refractivity contribution in [3.63, 3.8) is 0 Å². The number of ether oxygens (including phenoxy) is 3. The molecule has 1 fully saturated rings. The molecule has 1 aromatic heterocycles. The van der Waals surface area contributed by atoms with Crippen LogP contribution in [0.2, 0.25) is 0 Å². The fraction of sp³-hybridized carbons (Fsp3) is 0.385. The molecule has 36 heavy (non-hydrogen) atoms. The van der Waals surface area contributed by atoms with E-state index in [1.807, 2.05) is 18.2 Å². The predicted octanol–water partition coefficient (Wildman–Crippen LogP) is 3.34. The number of hydrogen-bond acceptors (Lipinski definition) is 8. The van der Waals surface area contributed by atoms with E-state index in [9.17, 15) is 14.3 Å². The molecular weight excluding hydrogens is 485 g/mol. The maximum Gasteiger partial charge on any atom is 0.254 e. The molecule has 0 saturated carbocycles. The normalized spacial score (nSPS) is 14.0. The SMILES string of the molecule is COc1ccc(CN(CCN2CCOCC2)C(=O)c2ccc(F)cc2)cc1OCc1nc(CO)cs1. The highest BCUT2D eigenvalue weighted by Crippen LogP contribution is 2.30. The topological polar surface area (TPSA) is 84.4 Å². The van der Waals surface area contributed by atoms with Gasteiger partial charge in [-0.25, -0.2) is 9.37 Å². The Hall–Kier alpha value is -3.05. The summed E-state index contributed by atoms with van der Waals surface area (Å²) in [4.78, 5) is 21.7. The molecule has 0 unspecified atom stereocenters. The van der Waals surface area contributed by atoms with Crippen LogP contribution in [0, 0.1) is 5.82 Å². The number of amides is 1. The number of aliphatic hydroxyl groups excluding tert-OH is 1. The number of nitrogens with zero attached hydrogens (tertiary/aromatic N) is 3. The van der Waals surface area contributed by atoms with E-state index >= 15 is 0 Å². The Kier molecular flexibility index (Phi) is 9.23. The van der Waals surface area contributed by atoms with Crippen molar-refractivity contribution in [1.29, 1.82) is 0 Å². The maximum absolute atomic E-state index is 13.4. The number of rotatable bonds is 11. The molecule has 0 bridgehead atoms. The Morgan fingerprint density at radius 3 is 2.67 bits per heavy atom. The maximum atomic E-state index is 13.4. The summed E-state index contributed by atoms with van der Waals surface area (Å²) in [6.45, 7) is 4.73. The zero-order valence-electron chi connectivity index (χ0n) is 20.2. The molecule has 2 aromatic carbocycles. The van der Waals surface area contributed by atoms with Gasteiger partial charge in [-0.1, -0.05) is 6.07 Å². The van der Waals surface area contributed by atoms with Gasteiger partial charge in [-0.05, 0) is 42.0 Å². The monoisotopic (exact) mass is 515 g/mol. The van der Waals surface area contributed by atoms with Gasteiger partial charge in [0.2, 0.25) is 0 Å². The zero-order valence-corrected chi connectivity index (χ0v) is 21.0. The summed E-state index contributed by atoms with van der Waals surface area (Å²) < 4.78 is 30.3. The third-order valence-corrected chi connectivity index (χ3v) is 6.75. The number of carbonyl (C=O) groups excluding carboxylic acids is 1. The Balaban J connectivity index is 1.50. The third kappa shape index (κ3) is 7.01. The van der Waals surface area contributed by atoms with Gasteiger partial charge in [0, 0.05) is 43.7 Å². The van der Waals surface area contributed by atoms with E-state index < -0.39 is 0 Å². The first-order valence-corrected chi connectivity index (χ1v) is 12.6. The standard InChI is InChI=1S/C26H30FN3O5S/c1-33-23-7-2-19(14-24(23)35-17-25-28-22(16-31)18-36-25)15-30(9-8-29-10-12-34-13-11-29)26(32)20-3-5-21(27)6-4-20/h2-7,14,18,31H,8-13,15-17H2,1H3. The second-order valence-electron chi connectivity index (χ2n) is 8.35. The number of halogens is 1. The molecule has 192 valence electrons. The molecule has 3 aromatic rings. The summed E-state index contributed by atoms with van der Waals surface area (Å²) in [6, 6.07) is 11.2. The lowest BCUT2D eigenvalue weighted by atomic mass is 10.1. The van der Waals surface area contributed by atoms with Crippen LogP contribution in [0.1, 0.15) is 26.6 Å². The molecule has 4 rings (SSSR count). The van der Waals surface area contributed by atoms with Crippen molar-refractivity contribution in [3.8, 4) is 11.5 Å². The molecule has 1 aliphatic rings. The Bertz CT molecular complexity index is 1130. The van der Waals surface area contributed by atoms with Crippen molar-refractivity contribution in [3.05, 3.63) is 75.5 Å². The minimum atomic E-state index is -0.380. The van der Waals surface area contributed by atoms with Gasteiger partial charge in [0.15, 0.2) is 11.5 Å². The quantitative estimate of drug-likeness (QED) is 0.419. The number of thiazole rings is 1. The summed E-state index contributed by atoms with van der Waals surface area (Å²) in [6.07, 6.45) is 0. The molecule has 0 aliphatic carbocycles. The van der Waals surface area contributed by atoms with Crippen molar-refractivity contribution in [1.82, 2.24) is 14.8 Å².